The van der Waals surface area contributed by atoms with E-state index < -0.39 is 6.10 Å². The van der Waals surface area contributed by atoms with Gasteiger partial charge in [-0.1, -0.05) is 30.3 Å². The van der Waals surface area contributed by atoms with Gasteiger partial charge in [0.2, 0.25) is 0 Å². The number of ether oxygens (including phenoxy) is 1. The van der Waals surface area contributed by atoms with Crippen LogP contribution in [0.25, 0.3) is 10.9 Å². The molecule has 1 atom stereocenters. The first-order valence-electron chi connectivity index (χ1n) is 6.56. The molecule has 2 aromatic carbocycles. The zero-order chi connectivity index (χ0) is 14.8. The predicted molar refractivity (Wildman–Crippen MR) is 86.5 cm³/mol. The van der Waals surface area contributed by atoms with Crippen molar-refractivity contribution < 1.29 is 9.84 Å². The molecule has 0 radical (unpaired) electrons. The largest absolute Gasteiger partial charge is 0.496 e. The molecule has 0 saturated carbocycles. The number of methoxy groups -OCH3 is 1. The van der Waals surface area contributed by atoms with E-state index in [4.69, 9.17) is 4.74 Å². The summed E-state index contributed by atoms with van der Waals surface area (Å²) in [6.07, 6.45) is 1.01. The molecule has 1 heterocycles. The van der Waals surface area contributed by atoms with Crippen LogP contribution in [0.1, 0.15) is 17.2 Å². The van der Waals surface area contributed by atoms with E-state index in [1.807, 2.05) is 48.5 Å². The maximum atomic E-state index is 10.7. The second-order valence-electron chi connectivity index (χ2n) is 4.72. The Morgan fingerprint density at radius 2 is 1.95 bits per heavy atom. The lowest BCUT2D eigenvalue weighted by molar-refractivity contribution is 0.221. The average molecular weight is 344 g/mol. The molecule has 1 aromatic heterocycles. The summed E-state index contributed by atoms with van der Waals surface area (Å²) >= 11 is 3.45. The summed E-state index contributed by atoms with van der Waals surface area (Å²) in [7, 11) is 1.62. The summed E-state index contributed by atoms with van der Waals surface area (Å²) in [4.78, 5) is 4.39. The van der Waals surface area contributed by atoms with Crippen LogP contribution in [0.15, 0.2) is 59.2 Å². The Balaban J connectivity index is 2.08. The summed E-state index contributed by atoms with van der Waals surface area (Å²) in [5.74, 6) is 0.738. The molecule has 0 fully saturated rings. The maximum absolute atomic E-state index is 10.7. The minimum absolute atomic E-state index is 0.731. The van der Waals surface area contributed by atoms with Gasteiger partial charge in [-0.05, 0) is 39.7 Å². The smallest absolute Gasteiger partial charge is 0.133 e. The predicted octanol–water partition coefficient (Wildman–Crippen LogP) is 4.09. The summed E-state index contributed by atoms with van der Waals surface area (Å²) in [5, 5.41) is 11.7. The highest BCUT2D eigenvalue weighted by molar-refractivity contribution is 9.10. The number of para-hydroxylation sites is 1. The fourth-order valence-electron chi connectivity index (χ4n) is 2.38. The van der Waals surface area contributed by atoms with Crippen molar-refractivity contribution in [2.24, 2.45) is 0 Å². The SMILES string of the molecule is COc1ccc(C(O)c2cccc3cccnc23)cc1Br. The van der Waals surface area contributed by atoms with Gasteiger partial charge in [0.15, 0.2) is 0 Å². The topological polar surface area (TPSA) is 42.4 Å². The van der Waals surface area contributed by atoms with E-state index in [1.54, 1.807) is 13.3 Å². The molecular weight excluding hydrogens is 330 g/mol. The van der Waals surface area contributed by atoms with Gasteiger partial charge in [-0.25, -0.2) is 0 Å². The van der Waals surface area contributed by atoms with E-state index in [0.717, 1.165) is 32.3 Å². The van der Waals surface area contributed by atoms with Gasteiger partial charge in [0.25, 0.3) is 0 Å². The summed E-state index contributed by atoms with van der Waals surface area (Å²) in [5.41, 5.74) is 2.41. The molecule has 0 saturated heterocycles. The molecule has 3 nitrogen and oxygen atoms in total. The van der Waals surface area contributed by atoms with Crippen molar-refractivity contribution in [2.45, 2.75) is 6.10 Å². The molecule has 21 heavy (non-hydrogen) atoms. The van der Waals surface area contributed by atoms with Gasteiger partial charge in [0.05, 0.1) is 17.1 Å². The molecule has 106 valence electrons. The van der Waals surface area contributed by atoms with Crippen molar-refractivity contribution in [3.05, 3.63) is 70.3 Å². The summed E-state index contributed by atoms with van der Waals surface area (Å²) in [6, 6.07) is 15.3. The lowest BCUT2D eigenvalue weighted by Crippen LogP contribution is -2.02. The molecule has 0 aliphatic carbocycles. The Bertz CT molecular complexity index is 783. The normalized spacial score (nSPS) is 12.3. The van der Waals surface area contributed by atoms with E-state index in [0.29, 0.717) is 0 Å². The number of nitrogens with zero attached hydrogens (tertiary/aromatic N) is 1. The Kier molecular flexibility index (Phi) is 3.90. The standard InChI is InChI=1S/C17H14BrNO2/c1-21-15-8-7-12(10-14(15)18)17(20)13-6-2-4-11-5-3-9-19-16(11)13/h2-10,17,20H,1H3. The minimum Gasteiger partial charge on any atom is -0.496 e. The monoisotopic (exact) mass is 343 g/mol. The third-order valence-electron chi connectivity index (χ3n) is 3.45. The van der Waals surface area contributed by atoms with Crippen LogP contribution in [0, 0.1) is 0 Å². The first-order chi connectivity index (χ1) is 10.2. The molecule has 3 rings (SSSR count). The van der Waals surface area contributed by atoms with Gasteiger partial charge in [0.1, 0.15) is 11.9 Å². The Morgan fingerprint density at radius 3 is 2.71 bits per heavy atom. The molecule has 3 aromatic rings. The molecule has 0 aliphatic rings. The van der Waals surface area contributed by atoms with E-state index in [9.17, 15) is 5.11 Å². The number of halogens is 1. The van der Waals surface area contributed by atoms with Crippen LogP contribution in [0.4, 0.5) is 0 Å². The number of pyridine rings is 1. The van der Waals surface area contributed by atoms with Crippen molar-refractivity contribution in [1.29, 1.82) is 0 Å². The van der Waals surface area contributed by atoms with E-state index in [-0.39, 0.29) is 0 Å². The lowest BCUT2D eigenvalue weighted by atomic mass is 9.99. The number of aliphatic hydroxyl groups is 1. The number of aromatic nitrogens is 1. The van der Waals surface area contributed by atoms with Gasteiger partial charge < -0.3 is 9.84 Å². The van der Waals surface area contributed by atoms with Crippen LogP contribution in [0.3, 0.4) is 0 Å². The average Bonchev–Trinajstić information content (AvgIpc) is 2.53. The molecule has 0 amide bonds. The Labute approximate surface area is 131 Å². The van der Waals surface area contributed by atoms with Gasteiger partial charge >= 0.3 is 0 Å². The van der Waals surface area contributed by atoms with Crippen LogP contribution in [-0.2, 0) is 0 Å². The second kappa shape index (κ2) is 5.84. The third-order valence-corrected chi connectivity index (χ3v) is 4.07. The number of aliphatic hydroxyl groups excluding tert-OH is 1. The van der Waals surface area contributed by atoms with Crippen molar-refractivity contribution >= 4 is 26.8 Å². The fourth-order valence-corrected chi connectivity index (χ4v) is 2.94. The zero-order valence-corrected chi connectivity index (χ0v) is 13.0. The third kappa shape index (κ3) is 2.64. The number of hydrogen-bond acceptors (Lipinski definition) is 3. The number of hydrogen-bond donors (Lipinski definition) is 1. The van der Waals surface area contributed by atoms with Crippen LogP contribution >= 0.6 is 15.9 Å². The number of rotatable bonds is 3. The minimum atomic E-state index is -0.731. The quantitative estimate of drug-likeness (QED) is 0.778. The molecule has 1 N–H and O–H groups in total. The summed E-state index contributed by atoms with van der Waals surface area (Å²) in [6.45, 7) is 0. The van der Waals surface area contributed by atoms with Gasteiger partial charge in [0, 0.05) is 17.1 Å². The highest BCUT2D eigenvalue weighted by atomic mass is 79.9. The van der Waals surface area contributed by atoms with Crippen LogP contribution in [0.5, 0.6) is 5.75 Å². The van der Waals surface area contributed by atoms with Gasteiger partial charge in [-0.3, -0.25) is 4.98 Å². The number of benzene rings is 2. The molecule has 4 heteroatoms. The van der Waals surface area contributed by atoms with Gasteiger partial charge in [-0.15, -0.1) is 0 Å². The van der Waals surface area contributed by atoms with Crippen LogP contribution < -0.4 is 4.74 Å². The highest BCUT2D eigenvalue weighted by Crippen LogP contribution is 2.32. The van der Waals surface area contributed by atoms with Crippen LogP contribution in [0.2, 0.25) is 0 Å². The Hall–Kier alpha value is -1.91. The first kappa shape index (κ1) is 14.0. The van der Waals surface area contributed by atoms with Gasteiger partial charge in [-0.2, -0.15) is 0 Å². The second-order valence-corrected chi connectivity index (χ2v) is 5.57. The molecule has 0 spiro atoms. The molecule has 0 aliphatic heterocycles. The Morgan fingerprint density at radius 1 is 1.14 bits per heavy atom. The van der Waals surface area contributed by atoms with Crippen molar-refractivity contribution in [2.75, 3.05) is 7.11 Å². The zero-order valence-electron chi connectivity index (χ0n) is 11.5. The summed E-state index contributed by atoms with van der Waals surface area (Å²) < 4.78 is 6.03. The van der Waals surface area contributed by atoms with Crippen molar-refractivity contribution in [3.63, 3.8) is 0 Å². The maximum Gasteiger partial charge on any atom is 0.133 e. The fraction of sp³-hybridized carbons (Fsp3) is 0.118. The van der Waals surface area contributed by atoms with E-state index in [1.165, 1.54) is 0 Å². The van der Waals surface area contributed by atoms with E-state index in [2.05, 4.69) is 20.9 Å². The molecular formula is C17H14BrNO2. The van der Waals surface area contributed by atoms with E-state index >= 15 is 0 Å². The first-order valence-corrected chi connectivity index (χ1v) is 7.35. The number of fused-ring (bicyclic) bond motifs is 1. The van der Waals surface area contributed by atoms with Crippen LogP contribution in [-0.4, -0.2) is 17.2 Å². The molecule has 1 unspecified atom stereocenters. The van der Waals surface area contributed by atoms with Crippen molar-refractivity contribution in [1.82, 2.24) is 4.98 Å². The van der Waals surface area contributed by atoms with Crippen molar-refractivity contribution in [3.8, 4) is 5.75 Å². The lowest BCUT2D eigenvalue weighted by Gasteiger charge is -2.15. The molecule has 0 bridgehead atoms. The highest BCUT2D eigenvalue weighted by Gasteiger charge is 2.15.